The standard InChI is InChI=1S/C36H22IN3/c37-28-19-16-26(17-20-28)35-38-39-36-32-10-4-3-9-31(32)33-22-27(18-21-34(33)40(35)36)23-12-14-25(15-13-23)30-11-5-7-24-6-1-2-8-29(24)30/h1-22H. The first-order chi connectivity index (χ1) is 19.7. The summed E-state index contributed by atoms with van der Waals surface area (Å²) in [5.41, 5.74) is 7.89. The molecule has 0 aliphatic carbocycles. The summed E-state index contributed by atoms with van der Waals surface area (Å²) in [6.07, 6.45) is 0. The highest BCUT2D eigenvalue weighted by atomic mass is 127. The molecule has 0 bridgehead atoms. The van der Waals surface area contributed by atoms with Gasteiger partial charge in [-0.1, -0.05) is 109 Å². The van der Waals surface area contributed by atoms with E-state index in [4.69, 9.17) is 0 Å². The zero-order valence-corrected chi connectivity index (χ0v) is 23.6. The second-order valence-corrected chi connectivity index (χ2v) is 11.3. The van der Waals surface area contributed by atoms with Crippen molar-refractivity contribution in [1.82, 2.24) is 14.6 Å². The van der Waals surface area contributed by atoms with Crippen LogP contribution in [0, 0.1) is 3.57 Å². The van der Waals surface area contributed by atoms with Gasteiger partial charge in [0.1, 0.15) is 0 Å². The van der Waals surface area contributed by atoms with Gasteiger partial charge >= 0.3 is 0 Å². The highest BCUT2D eigenvalue weighted by molar-refractivity contribution is 14.1. The van der Waals surface area contributed by atoms with Gasteiger partial charge in [0, 0.05) is 19.9 Å². The molecular formula is C36H22IN3. The van der Waals surface area contributed by atoms with Crippen molar-refractivity contribution < 1.29 is 0 Å². The fourth-order valence-corrected chi connectivity index (χ4v) is 6.19. The summed E-state index contributed by atoms with van der Waals surface area (Å²) in [6, 6.07) is 47.7. The third-order valence-electron chi connectivity index (χ3n) is 7.78. The molecule has 2 aromatic heterocycles. The molecule has 0 spiro atoms. The Kier molecular flexibility index (Phi) is 5.42. The SMILES string of the molecule is Ic1ccc(-c2nnc3c4ccccc4c4cc(-c5ccc(-c6cccc7ccccc67)cc5)ccc4n23)cc1. The maximum absolute atomic E-state index is 4.65. The number of benzene rings is 6. The summed E-state index contributed by atoms with van der Waals surface area (Å²) in [7, 11) is 0. The number of aromatic nitrogens is 3. The Balaban J connectivity index is 1.30. The van der Waals surface area contributed by atoms with Gasteiger partial charge < -0.3 is 0 Å². The predicted octanol–water partition coefficient (Wildman–Crippen LogP) is 9.79. The van der Waals surface area contributed by atoms with Crippen LogP contribution in [0.25, 0.3) is 71.7 Å². The molecule has 188 valence electrons. The summed E-state index contributed by atoms with van der Waals surface area (Å²) in [6.45, 7) is 0. The summed E-state index contributed by atoms with van der Waals surface area (Å²) < 4.78 is 3.40. The molecule has 6 aromatic carbocycles. The first-order valence-corrected chi connectivity index (χ1v) is 14.4. The zero-order valence-electron chi connectivity index (χ0n) is 21.4. The van der Waals surface area contributed by atoms with Crippen LogP contribution in [0.3, 0.4) is 0 Å². The van der Waals surface area contributed by atoms with Crippen LogP contribution in [0.5, 0.6) is 0 Å². The fraction of sp³-hybridized carbons (Fsp3) is 0. The highest BCUT2D eigenvalue weighted by Gasteiger charge is 2.16. The minimum absolute atomic E-state index is 0.856. The maximum Gasteiger partial charge on any atom is 0.169 e. The fourth-order valence-electron chi connectivity index (χ4n) is 5.83. The first kappa shape index (κ1) is 23.3. The van der Waals surface area contributed by atoms with Gasteiger partial charge in [0.15, 0.2) is 11.5 Å². The van der Waals surface area contributed by atoms with E-state index >= 15 is 0 Å². The molecule has 4 heteroatoms. The predicted molar refractivity (Wildman–Crippen MR) is 175 cm³/mol. The van der Waals surface area contributed by atoms with E-state index in [0.29, 0.717) is 0 Å². The van der Waals surface area contributed by atoms with Crippen molar-refractivity contribution in [2.24, 2.45) is 0 Å². The van der Waals surface area contributed by atoms with E-state index in [1.807, 2.05) is 0 Å². The molecule has 0 fully saturated rings. The Bertz CT molecular complexity index is 2210. The van der Waals surface area contributed by atoms with Crippen LogP contribution in [0.4, 0.5) is 0 Å². The van der Waals surface area contributed by atoms with E-state index < -0.39 is 0 Å². The van der Waals surface area contributed by atoms with Crippen LogP contribution in [-0.2, 0) is 0 Å². The number of rotatable bonds is 3. The molecule has 40 heavy (non-hydrogen) atoms. The average Bonchev–Trinajstić information content (AvgIpc) is 3.47. The quantitative estimate of drug-likeness (QED) is 0.145. The van der Waals surface area contributed by atoms with Gasteiger partial charge in [-0.2, -0.15) is 0 Å². The zero-order chi connectivity index (χ0) is 26.6. The molecule has 0 saturated carbocycles. The third-order valence-corrected chi connectivity index (χ3v) is 8.50. The number of hydrogen-bond donors (Lipinski definition) is 0. The minimum Gasteiger partial charge on any atom is -0.274 e. The summed E-state index contributed by atoms with van der Waals surface area (Å²) in [5, 5.41) is 15.3. The van der Waals surface area contributed by atoms with Crippen molar-refractivity contribution in [3.8, 4) is 33.6 Å². The van der Waals surface area contributed by atoms with E-state index in [0.717, 1.165) is 27.9 Å². The van der Waals surface area contributed by atoms with Crippen LogP contribution in [-0.4, -0.2) is 14.6 Å². The summed E-state index contributed by atoms with van der Waals surface area (Å²) in [4.78, 5) is 0. The number of pyridine rings is 1. The molecule has 8 rings (SSSR count). The number of hydrogen-bond acceptors (Lipinski definition) is 2. The molecule has 8 aromatic rings. The van der Waals surface area contributed by atoms with Gasteiger partial charge in [-0.05, 0) is 85.3 Å². The monoisotopic (exact) mass is 623 g/mol. The van der Waals surface area contributed by atoms with E-state index in [1.165, 1.54) is 47.4 Å². The van der Waals surface area contributed by atoms with Crippen molar-refractivity contribution in [3.63, 3.8) is 0 Å². The van der Waals surface area contributed by atoms with Crippen LogP contribution in [0.1, 0.15) is 0 Å². The molecule has 0 unspecified atom stereocenters. The van der Waals surface area contributed by atoms with Gasteiger partial charge in [0.05, 0.1) is 5.52 Å². The highest BCUT2D eigenvalue weighted by Crippen LogP contribution is 2.36. The average molecular weight is 623 g/mol. The largest absolute Gasteiger partial charge is 0.274 e. The van der Waals surface area contributed by atoms with Crippen molar-refractivity contribution in [2.45, 2.75) is 0 Å². The second-order valence-electron chi connectivity index (χ2n) is 10.1. The summed E-state index contributed by atoms with van der Waals surface area (Å²) in [5.74, 6) is 0.856. The third kappa shape index (κ3) is 3.71. The molecule has 0 aliphatic rings. The lowest BCUT2D eigenvalue weighted by atomic mass is 9.95. The van der Waals surface area contributed by atoms with Gasteiger partial charge in [-0.15, -0.1) is 10.2 Å². The molecule has 0 radical (unpaired) electrons. The molecule has 0 amide bonds. The van der Waals surface area contributed by atoms with Crippen molar-refractivity contribution >= 4 is 60.7 Å². The Morgan fingerprint density at radius 3 is 1.95 bits per heavy atom. The normalized spacial score (nSPS) is 11.6. The Morgan fingerprint density at radius 2 is 1.12 bits per heavy atom. The number of fused-ring (bicyclic) bond motifs is 7. The minimum atomic E-state index is 0.856. The van der Waals surface area contributed by atoms with E-state index in [2.05, 4.69) is 171 Å². The number of halogens is 1. The van der Waals surface area contributed by atoms with Crippen molar-refractivity contribution in [2.75, 3.05) is 0 Å². The van der Waals surface area contributed by atoms with Crippen LogP contribution >= 0.6 is 22.6 Å². The second kappa shape index (κ2) is 9.28. The van der Waals surface area contributed by atoms with Gasteiger partial charge in [-0.3, -0.25) is 4.40 Å². The van der Waals surface area contributed by atoms with Gasteiger partial charge in [-0.25, -0.2) is 0 Å². The molecule has 0 atom stereocenters. The smallest absolute Gasteiger partial charge is 0.169 e. The van der Waals surface area contributed by atoms with Crippen LogP contribution < -0.4 is 0 Å². The lowest BCUT2D eigenvalue weighted by Crippen LogP contribution is -1.95. The molecule has 3 nitrogen and oxygen atoms in total. The lowest BCUT2D eigenvalue weighted by molar-refractivity contribution is 1.12. The Labute approximate surface area is 244 Å². The molecule has 0 N–H and O–H groups in total. The van der Waals surface area contributed by atoms with E-state index in [1.54, 1.807) is 0 Å². The van der Waals surface area contributed by atoms with Crippen LogP contribution in [0.2, 0.25) is 0 Å². The van der Waals surface area contributed by atoms with Crippen LogP contribution in [0.15, 0.2) is 133 Å². The van der Waals surface area contributed by atoms with E-state index in [9.17, 15) is 0 Å². The molecule has 0 aliphatic heterocycles. The summed E-state index contributed by atoms with van der Waals surface area (Å²) >= 11 is 2.33. The van der Waals surface area contributed by atoms with Gasteiger partial charge in [0.2, 0.25) is 0 Å². The Morgan fingerprint density at radius 1 is 0.475 bits per heavy atom. The van der Waals surface area contributed by atoms with Gasteiger partial charge in [0.25, 0.3) is 0 Å². The van der Waals surface area contributed by atoms with Crippen molar-refractivity contribution in [3.05, 3.63) is 137 Å². The van der Waals surface area contributed by atoms with Crippen molar-refractivity contribution in [1.29, 1.82) is 0 Å². The molecule has 0 saturated heterocycles. The van der Waals surface area contributed by atoms with E-state index in [-0.39, 0.29) is 0 Å². The number of nitrogens with zero attached hydrogens (tertiary/aromatic N) is 3. The maximum atomic E-state index is 4.65. The molecule has 2 heterocycles. The topological polar surface area (TPSA) is 30.2 Å². The lowest BCUT2D eigenvalue weighted by Gasteiger charge is -2.12. The first-order valence-electron chi connectivity index (χ1n) is 13.3. The Hall–Kier alpha value is -4.55. The molecular weight excluding hydrogens is 601 g/mol.